The van der Waals surface area contributed by atoms with Crippen molar-refractivity contribution in [1.29, 1.82) is 0 Å². The summed E-state index contributed by atoms with van der Waals surface area (Å²) in [6.45, 7) is 0.472. The first-order valence-electron chi connectivity index (χ1n) is 6.35. The maximum absolute atomic E-state index is 12.4. The van der Waals surface area contributed by atoms with Crippen molar-refractivity contribution in [2.45, 2.75) is 23.8 Å². The Hall–Kier alpha value is -1.60. The van der Waals surface area contributed by atoms with Gasteiger partial charge in [0.2, 0.25) is 0 Å². The summed E-state index contributed by atoms with van der Waals surface area (Å²) < 4.78 is 23.2. The molecule has 1 amide bonds. The molecule has 0 radical (unpaired) electrons. The van der Waals surface area contributed by atoms with Crippen molar-refractivity contribution in [3.8, 4) is 0 Å². The van der Waals surface area contributed by atoms with E-state index in [1.54, 1.807) is 4.90 Å². The van der Waals surface area contributed by atoms with Gasteiger partial charge >= 0.3 is 0 Å². The summed E-state index contributed by atoms with van der Waals surface area (Å²) in [5, 5.41) is 9.26. The van der Waals surface area contributed by atoms with Gasteiger partial charge in [0.15, 0.2) is 9.84 Å². The molecule has 1 aromatic rings. The Balaban J connectivity index is 2.38. The molecular weight excluding hydrogens is 280 g/mol. The van der Waals surface area contributed by atoms with E-state index in [1.165, 1.54) is 18.2 Å². The monoisotopic (exact) mass is 298 g/mol. The molecule has 1 saturated heterocycles. The van der Waals surface area contributed by atoms with E-state index in [9.17, 15) is 18.3 Å². The number of aliphatic hydroxyl groups is 1. The second kappa shape index (κ2) is 5.41. The first-order valence-corrected chi connectivity index (χ1v) is 8.24. The highest BCUT2D eigenvalue weighted by Gasteiger charge is 2.29. The fourth-order valence-electron chi connectivity index (χ4n) is 2.42. The van der Waals surface area contributed by atoms with Crippen LogP contribution in [0.4, 0.5) is 5.69 Å². The molecule has 0 bridgehead atoms. The lowest BCUT2D eigenvalue weighted by atomic mass is 10.1. The summed E-state index contributed by atoms with van der Waals surface area (Å²) in [4.78, 5) is 14.0. The number of benzene rings is 1. The predicted octanol–water partition coefficient (Wildman–Crippen LogP) is 0.269. The summed E-state index contributed by atoms with van der Waals surface area (Å²) in [5.41, 5.74) is 6.15. The topological polar surface area (TPSA) is 101 Å². The number of amides is 1. The normalized spacial score (nSPS) is 19.3. The third-order valence-electron chi connectivity index (χ3n) is 3.45. The third-order valence-corrected chi connectivity index (χ3v) is 4.54. The molecule has 2 rings (SSSR count). The molecule has 0 unspecified atom stereocenters. The van der Waals surface area contributed by atoms with E-state index >= 15 is 0 Å². The van der Waals surface area contributed by atoms with Crippen LogP contribution in [0.5, 0.6) is 0 Å². The number of sulfone groups is 1. The van der Waals surface area contributed by atoms with Crippen LogP contribution in [0.2, 0.25) is 0 Å². The van der Waals surface area contributed by atoms with E-state index in [4.69, 9.17) is 5.73 Å². The fraction of sp³-hybridized carbons (Fsp3) is 0.462. The fourth-order valence-corrected chi connectivity index (χ4v) is 3.11. The summed E-state index contributed by atoms with van der Waals surface area (Å²) >= 11 is 0. The SMILES string of the molecule is CS(=O)(=O)c1cc(N)cc(C(=O)N2CCC[C@H]2CO)c1. The van der Waals surface area contributed by atoms with Crippen molar-refractivity contribution < 1.29 is 18.3 Å². The van der Waals surface area contributed by atoms with Crippen LogP contribution in [0.1, 0.15) is 23.2 Å². The lowest BCUT2D eigenvalue weighted by Crippen LogP contribution is -2.37. The summed E-state index contributed by atoms with van der Waals surface area (Å²) in [7, 11) is -3.42. The molecule has 20 heavy (non-hydrogen) atoms. The molecule has 0 saturated carbocycles. The second-order valence-corrected chi connectivity index (χ2v) is 7.06. The van der Waals surface area contributed by atoms with Gasteiger partial charge in [-0.25, -0.2) is 8.42 Å². The Morgan fingerprint density at radius 1 is 1.45 bits per heavy atom. The Bertz CT molecular complexity index is 627. The van der Waals surface area contributed by atoms with E-state index in [0.29, 0.717) is 6.54 Å². The maximum atomic E-state index is 12.4. The maximum Gasteiger partial charge on any atom is 0.254 e. The zero-order valence-corrected chi connectivity index (χ0v) is 12.1. The van der Waals surface area contributed by atoms with Crippen molar-refractivity contribution in [2.24, 2.45) is 0 Å². The number of likely N-dealkylation sites (tertiary alicyclic amines) is 1. The van der Waals surface area contributed by atoms with Gasteiger partial charge in [0, 0.05) is 24.1 Å². The van der Waals surface area contributed by atoms with E-state index in [-0.39, 0.29) is 34.7 Å². The number of carbonyl (C=O) groups is 1. The molecule has 110 valence electrons. The molecule has 1 heterocycles. The van der Waals surface area contributed by atoms with Crippen molar-refractivity contribution in [3.63, 3.8) is 0 Å². The number of nitrogen functional groups attached to an aromatic ring is 1. The number of carbonyl (C=O) groups excluding carboxylic acids is 1. The summed E-state index contributed by atoms with van der Waals surface area (Å²) in [5.74, 6) is -0.293. The molecule has 1 aliphatic heterocycles. The minimum atomic E-state index is -3.42. The Morgan fingerprint density at radius 2 is 2.15 bits per heavy atom. The van der Waals surface area contributed by atoms with Gasteiger partial charge in [-0.1, -0.05) is 0 Å². The van der Waals surface area contributed by atoms with E-state index in [1.807, 2.05) is 0 Å². The largest absolute Gasteiger partial charge is 0.399 e. The van der Waals surface area contributed by atoms with E-state index < -0.39 is 9.84 Å². The third kappa shape index (κ3) is 2.94. The van der Waals surface area contributed by atoms with E-state index in [2.05, 4.69) is 0 Å². The number of hydrogen-bond acceptors (Lipinski definition) is 5. The zero-order chi connectivity index (χ0) is 14.9. The van der Waals surface area contributed by atoms with Gasteiger partial charge in [-0.05, 0) is 31.0 Å². The van der Waals surface area contributed by atoms with Crippen LogP contribution < -0.4 is 5.73 Å². The second-order valence-electron chi connectivity index (χ2n) is 5.04. The highest BCUT2D eigenvalue weighted by molar-refractivity contribution is 7.90. The molecule has 0 aliphatic carbocycles. The van der Waals surface area contributed by atoms with Gasteiger partial charge in [0.05, 0.1) is 17.5 Å². The van der Waals surface area contributed by atoms with Gasteiger partial charge in [0.25, 0.3) is 5.91 Å². The molecule has 3 N–H and O–H groups in total. The number of anilines is 1. The van der Waals surface area contributed by atoms with Gasteiger partial charge in [-0.2, -0.15) is 0 Å². The van der Waals surface area contributed by atoms with Gasteiger partial charge in [-0.3, -0.25) is 4.79 Å². The van der Waals surface area contributed by atoms with Gasteiger partial charge < -0.3 is 15.7 Å². The average Bonchev–Trinajstić information content (AvgIpc) is 2.84. The van der Waals surface area contributed by atoms with Crippen LogP contribution in [0, 0.1) is 0 Å². The highest BCUT2D eigenvalue weighted by atomic mass is 32.2. The first-order chi connectivity index (χ1) is 9.32. The Kier molecular flexibility index (Phi) is 4.01. The standard InChI is InChI=1S/C13H18N2O4S/c1-20(18,19)12-6-9(5-10(14)7-12)13(17)15-4-2-3-11(15)8-16/h5-7,11,16H,2-4,8,14H2,1H3/t11-/m0/s1. The molecular formula is C13H18N2O4S. The smallest absolute Gasteiger partial charge is 0.254 e. The van der Waals surface area contributed by atoms with Crippen molar-refractivity contribution in [3.05, 3.63) is 23.8 Å². The van der Waals surface area contributed by atoms with Gasteiger partial charge in [0.1, 0.15) is 0 Å². The average molecular weight is 298 g/mol. The summed E-state index contributed by atoms with van der Waals surface area (Å²) in [6.07, 6.45) is 2.66. The molecule has 0 spiro atoms. The molecule has 0 aromatic heterocycles. The molecule has 1 atom stereocenters. The minimum absolute atomic E-state index is 0.0283. The number of nitrogens with two attached hydrogens (primary N) is 1. The van der Waals surface area contributed by atoms with Crippen LogP contribution in [-0.2, 0) is 9.84 Å². The highest BCUT2D eigenvalue weighted by Crippen LogP contribution is 2.23. The molecule has 1 aromatic carbocycles. The van der Waals surface area contributed by atoms with Gasteiger partial charge in [-0.15, -0.1) is 0 Å². The van der Waals surface area contributed by atoms with Crippen LogP contribution >= 0.6 is 0 Å². The van der Waals surface area contributed by atoms with Crippen LogP contribution in [0.3, 0.4) is 0 Å². The van der Waals surface area contributed by atoms with Crippen LogP contribution in [-0.4, -0.2) is 49.8 Å². The number of nitrogens with zero attached hydrogens (tertiary/aromatic N) is 1. The Morgan fingerprint density at radius 3 is 2.75 bits per heavy atom. The molecule has 1 aliphatic rings. The quantitative estimate of drug-likeness (QED) is 0.780. The lowest BCUT2D eigenvalue weighted by molar-refractivity contribution is 0.0677. The van der Waals surface area contributed by atoms with E-state index in [0.717, 1.165) is 19.1 Å². The lowest BCUT2D eigenvalue weighted by Gasteiger charge is -2.23. The molecule has 6 nitrogen and oxygen atoms in total. The minimum Gasteiger partial charge on any atom is -0.399 e. The Labute approximate surface area is 118 Å². The number of aliphatic hydroxyl groups excluding tert-OH is 1. The molecule has 7 heteroatoms. The first kappa shape index (κ1) is 14.8. The van der Waals surface area contributed by atoms with Crippen molar-refractivity contribution in [2.75, 3.05) is 25.1 Å². The van der Waals surface area contributed by atoms with Crippen LogP contribution in [0.15, 0.2) is 23.1 Å². The number of rotatable bonds is 3. The van der Waals surface area contributed by atoms with Crippen molar-refractivity contribution in [1.82, 2.24) is 4.90 Å². The zero-order valence-electron chi connectivity index (χ0n) is 11.2. The molecule has 1 fully saturated rings. The van der Waals surface area contributed by atoms with Crippen molar-refractivity contribution >= 4 is 21.4 Å². The predicted molar refractivity (Wildman–Crippen MR) is 75.1 cm³/mol. The van der Waals surface area contributed by atoms with Crippen LogP contribution in [0.25, 0.3) is 0 Å². The number of hydrogen-bond donors (Lipinski definition) is 2. The summed E-state index contributed by atoms with van der Waals surface area (Å²) in [6, 6.07) is 3.93.